The zero-order chi connectivity index (χ0) is 19.7. The molecule has 8 heteroatoms. The Labute approximate surface area is 166 Å². The molecule has 156 valence electrons. The summed E-state index contributed by atoms with van der Waals surface area (Å²) in [4.78, 5) is 2.20. The number of rotatable bonds is 5. The summed E-state index contributed by atoms with van der Waals surface area (Å²) in [6, 6.07) is 9.24. The first kappa shape index (κ1) is 20.3. The number of methoxy groups -OCH3 is 1. The highest BCUT2D eigenvalue weighted by Crippen LogP contribution is 2.40. The number of unbranched alkanes of at least 4 members (excludes halogenated alkanes) is 1. The van der Waals surface area contributed by atoms with E-state index in [9.17, 15) is 8.42 Å². The summed E-state index contributed by atoms with van der Waals surface area (Å²) in [5.74, 6) is 0.137. The van der Waals surface area contributed by atoms with E-state index in [0.717, 1.165) is 24.9 Å². The monoisotopic (exact) mass is 411 g/mol. The van der Waals surface area contributed by atoms with Gasteiger partial charge in [-0.2, -0.15) is 0 Å². The van der Waals surface area contributed by atoms with Gasteiger partial charge in [-0.25, -0.2) is 8.42 Å². The van der Waals surface area contributed by atoms with Crippen molar-refractivity contribution in [3.63, 3.8) is 0 Å². The maximum Gasteiger partial charge on any atom is 0.184 e. The van der Waals surface area contributed by atoms with E-state index < -0.39 is 39.9 Å². The third-order valence-electron chi connectivity index (χ3n) is 5.91. The Morgan fingerprint density at radius 3 is 2.71 bits per heavy atom. The van der Waals surface area contributed by atoms with E-state index in [1.807, 2.05) is 30.3 Å². The van der Waals surface area contributed by atoms with Crippen LogP contribution in [0.2, 0.25) is 0 Å². The zero-order valence-corrected chi connectivity index (χ0v) is 17.2. The first-order valence-corrected chi connectivity index (χ1v) is 11.7. The Morgan fingerprint density at radius 2 is 2.00 bits per heavy atom. The molecule has 3 heterocycles. The third-order valence-corrected chi connectivity index (χ3v) is 8.04. The molecule has 0 aliphatic carbocycles. The normalized spacial score (nSPS) is 37.8. The highest BCUT2D eigenvalue weighted by molar-refractivity contribution is 7.92. The number of nitrogens with zero attached hydrogens (tertiary/aromatic N) is 1. The second-order valence-corrected chi connectivity index (χ2v) is 9.95. The molecule has 1 aromatic rings. The van der Waals surface area contributed by atoms with Crippen molar-refractivity contribution in [3.8, 4) is 0 Å². The van der Waals surface area contributed by atoms with Gasteiger partial charge >= 0.3 is 0 Å². The molecule has 0 amide bonds. The van der Waals surface area contributed by atoms with Gasteiger partial charge < -0.3 is 18.9 Å². The van der Waals surface area contributed by atoms with Gasteiger partial charge in [-0.15, -0.1) is 0 Å². The van der Waals surface area contributed by atoms with Crippen molar-refractivity contribution in [2.24, 2.45) is 0 Å². The summed E-state index contributed by atoms with van der Waals surface area (Å²) in [5.41, 5.74) is 0.877. The molecule has 6 atom stereocenters. The van der Waals surface area contributed by atoms with Gasteiger partial charge in [-0.1, -0.05) is 43.7 Å². The van der Waals surface area contributed by atoms with Gasteiger partial charge in [-0.3, -0.25) is 4.90 Å². The van der Waals surface area contributed by atoms with Crippen LogP contribution in [0.1, 0.15) is 31.6 Å². The number of hydrogen-bond donors (Lipinski definition) is 0. The van der Waals surface area contributed by atoms with Crippen LogP contribution in [-0.2, 0) is 28.8 Å². The number of hydrogen-bond acceptors (Lipinski definition) is 7. The Morgan fingerprint density at radius 1 is 1.21 bits per heavy atom. The molecule has 0 radical (unpaired) electrons. The van der Waals surface area contributed by atoms with Crippen molar-refractivity contribution in [1.82, 2.24) is 4.90 Å². The van der Waals surface area contributed by atoms with Crippen LogP contribution in [0.25, 0.3) is 0 Å². The van der Waals surface area contributed by atoms with E-state index in [1.165, 1.54) is 0 Å². The summed E-state index contributed by atoms with van der Waals surface area (Å²) < 4.78 is 50.0. The number of fused-ring (bicyclic) bond motifs is 3. The van der Waals surface area contributed by atoms with Crippen molar-refractivity contribution in [3.05, 3.63) is 35.9 Å². The molecule has 7 nitrogen and oxygen atoms in total. The fourth-order valence-electron chi connectivity index (χ4n) is 4.48. The van der Waals surface area contributed by atoms with Crippen molar-refractivity contribution in [1.29, 1.82) is 0 Å². The maximum absolute atomic E-state index is 13.1. The molecule has 28 heavy (non-hydrogen) atoms. The van der Waals surface area contributed by atoms with E-state index in [2.05, 4.69) is 11.8 Å². The minimum absolute atomic E-state index is 0.137. The standard InChI is InChI=1S/C20H29NO6S/c1-3-4-10-21-11-12-28(22,23)18-16(21)20(24-2)26-15-13-25-19(27-17(15)18)14-8-6-5-7-9-14/h5-9,15-20H,3-4,10-13H2,1-2H3/t15-,16+,17-,18-,19-,20-/m1/s1. The SMILES string of the molecule is CCCCN1CCS(=O)(=O)[C@H]2[C@@H]3O[C@H](c4ccccc4)OC[C@H]3O[C@@H](OC)[C@H]21. The van der Waals surface area contributed by atoms with Crippen LogP contribution in [-0.4, -0.2) is 75.7 Å². The lowest BCUT2D eigenvalue weighted by atomic mass is 9.96. The van der Waals surface area contributed by atoms with Crippen LogP contribution in [0.5, 0.6) is 0 Å². The second kappa shape index (κ2) is 8.38. The average molecular weight is 412 g/mol. The summed E-state index contributed by atoms with van der Waals surface area (Å²) in [5, 5.41) is -0.683. The van der Waals surface area contributed by atoms with Crippen molar-refractivity contribution in [2.75, 3.05) is 32.6 Å². The van der Waals surface area contributed by atoms with E-state index in [0.29, 0.717) is 6.54 Å². The number of benzene rings is 1. The number of ether oxygens (including phenoxy) is 4. The Kier molecular flexibility index (Phi) is 6.06. The minimum Gasteiger partial charge on any atom is -0.354 e. The molecule has 3 aliphatic heterocycles. The van der Waals surface area contributed by atoms with Gasteiger partial charge in [0, 0.05) is 19.2 Å². The molecule has 0 N–H and O–H groups in total. The molecule has 3 fully saturated rings. The Hall–Kier alpha value is -1.03. The van der Waals surface area contributed by atoms with Crippen LogP contribution in [0, 0.1) is 0 Å². The molecule has 0 bridgehead atoms. The molecule has 3 aliphatic rings. The van der Waals surface area contributed by atoms with Gasteiger partial charge in [0.05, 0.1) is 18.4 Å². The lowest BCUT2D eigenvalue weighted by Crippen LogP contribution is -2.71. The quantitative estimate of drug-likeness (QED) is 0.731. The van der Waals surface area contributed by atoms with E-state index >= 15 is 0 Å². The average Bonchev–Trinajstić information content (AvgIpc) is 2.72. The lowest BCUT2D eigenvalue weighted by molar-refractivity contribution is -0.325. The third kappa shape index (κ3) is 3.74. The molecule has 1 aromatic carbocycles. The Balaban J connectivity index is 1.64. The molecular formula is C20H29NO6S. The maximum atomic E-state index is 13.1. The van der Waals surface area contributed by atoms with E-state index in [1.54, 1.807) is 7.11 Å². The van der Waals surface area contributed by atoms with E-state index in [-0.39, 0.29) is 18.4 Å². The highest BCUT2D eigenvalue weighted by Gasteiger charge is 2.58. The van der Waals surface area contributed by atoms with Crippen LogP contribution < -0.4 is 0 Å². The summed E-state index contributed by atoms with van der Waals surface area (Å²) >= 11 is 0. The first-order valence-electron chi connectivity index (χ1n) is 10.0. The smallest absolute Gasteiger partial charge is 0.184 e. The lowest BCUT2D eigenvalue weighted by Gasteiger charge is -2.53. The van der Waals surface area contributed by atoms with Gasteiger partial charge in [0.1, 0.15) is 17.5 Å². The van der Waals surface area contributed by atoms with Gasteiger partial charge in [-0.05, 0) is 13.0 Å². The fourth-order valence-corrected chi connectivity index (χ4v) is 6.62. The first-order chi connectivity index (χ1) is 13.5. The minimum atomic E-state index is -3.34. The Bertz CT molecular complexity index is 755. The van der Waals surface area contributed by atoms with E-state index in [4.69, 9.17) is 18.9 Å². The van der Waals surface area contributed by atoms with Gasteiger partial charge in [0.15, 0.2) is 22.4 Å². The highest BCUT2D eigenvalue weighted by atomic mass is 32.2. The second-order valence-electron chi connectivity index (χ2n) is 7.67. The zero-order valence-electron chi connectivity index (χ0n) is 16.4. The summed E-state index contributed by atoms with van der Waals surface area (Å²) in [6.45, 7) is 3.73. The van der Waals surface area contributed by atoms with Crippen molar-refractivity contribution >= 4 is 9.84 Å². The fraction of sp³-hybridized carbons (Fsp3) is 0.700. The summed E-state index contributed by atoms with van der Waals surface area (Å²) in [7, 11) is -1.77. The van der Waals surface area contributed by atoms with Crippen LogP contribution >= 0.6 is 0 Å². The van der Waals surface area contributed by atoms with Crippen LogP contribution in [0.15, 0.2) is 30.3 Å². The molecule has 3 saturated heterocycles. The molecule has 0 aromatic heterocycles. The molecule has 0 spiro atoms. The molecular weight excluding hydrogens is 382 g/mol. The largest absolute Gasteiger partial charge is 0.354 e. The number of sulfone groups is 1. The van der Waals surface area contributed by atoms with Crippen molar-refractivity contribution in [2.45, 2.75) is 55.8 Å². The molecule has 0 saturated carbocycles. The van der Waals surface area contributed by atoms with Crippen molar-refractivity contribution < 1.29 is 27.4 Å². The van der Waals surface area contributed by atoms with Gasteiger partial charge in [0.2, 0.25) is 0 Å². The van der Waals surface area contributed by atoms with Crippen LogP contribution in [0.3, 0.4) is 0 Å². The van der Waals surface area contributed by atoms with Crippen LogP contribution in [0.4, 0.5) is 0 Å². The molecule has 4 rings (SSSR count). The predicted octanol–water partition coefficient (Wildman–Crippen LogP) is 1.74. The topological polar surface area (TPSA) is 74.3 Å². The predicted molar refractivity (Wildman–Crippen MR) is 104 cm³/mol. The summed E-state index contributed by atoms with van der Waals surface area (Å²) in [6.07, 6.45) is -0.196. The molecule has 0 unspecified atom stereocenters. The van der Waals surface area contributed by atoms with Gasteiger partial charge in [0.25, 0.3) is 0 Å².